The molecular weight excluding hydrogens is 280 g/mol. The molecule has 2 amide bonds. The Balaban J connectivity index is -0.000000223. The number of hydrogen-bond acceptors (Lipinski definition) is 6. The normalized spacial score (nSPS) is 12.3. The summed E-state index contributed by atoms with van der Waals surface area (Å²) in [6.07, 6.45) is 1.67. The fourth-order valence-corrected chi connectivity index (χ4v) is 0.699. The number of urea groups is 1. The van der Waals surface area contributed by atoms with Crippen LogP contribution in [0.1, 0.15) is 13.8 Å². The van der Waals surface area contributed by atoms with Gasteiger partial charge in [0.1, 0.15) is 0 Å². The molecule has 0 bridgehead atoms. The van der Waals surface area contributed by atoms with Gasteiger partial charge in [0.2, 0.25) is 0 Å². The van der Waals surface area contributed by atoms with Gasteiger partial charge in [0.15, 0.2) is 0 Å². The zero-order valence-electron chi connectivity index (χ0n) is 12.9. The van der Waals surface area contributed by atoms with Crippen molar-refractivity contribution in [2.75, 3.05) is 13.2 Å². The van der Waals surface area contributed by atoms with Crippen LogP contribution < -0.4 is 16.8 Å². The molecule has 0 aliphatic rings. The first-order valence-corrected chi connectivity index (χ1v) is 9.51. The zero-order valence-corrected chi connectivity index (χ0v) is 13.9. The molecule has 0 saturated heterocycles. The molecule has 20 heavy (non-hydrogen) atoms. The van der Waals surface area contributed by atoms with Crippen molar-refractivity contribution in [3.05, 3.63) is 0 Å². The van der Waals surface area contributed by atoms with Crippen LogP contribution in [-0.4, -0.2) is 49.9 Å². The summed E-state index contributed by atoms with van der Waals surface area (Å²) in [6, 6.07) is -0.908. The minimum atomic E-state index is -1.52. The van der Waals surface area contributed by atoms with Crippen LogP contribution in [0.15, 0.2) is 0 Å². The van der Waals surface area contributed by atoms with Crippen molar-refractivity contribution in [3.63, 3.8) is 0 Å². The summed E-state index contributed by atoms with van der Waals surface area (Å²) >= 11 is 0. The average Bonchev–Trinajstić information content (AvgIpc) is 2.28. The molecule has 0 fully saturated rings. The van der Waals surface area contributed by atoms with E-state index in [0.29, 0.717) is 0 Å². The Kier molecular flexibility index (Phi) is 16.7. The van der Waals surface area contributed by atoms with Crippen LogP contribution >= 0.6 is 0 Å². The van der Waals surface area contributed by atoms with Gasteiger partial charge in [-0.15, -0.1) is 0 Å². The smallest absolute Gasteiger partial charge is 0.312 e. The number of carbonyl (C=O) groups excluding carboxylic acids is 1. The van der Waals surface area contributed by atoms with Crippen LogP contribution in [0.25, 0.3) is 0 Å². The fraction of sp³-hybridized carbons (Fsp3) is 0.818. The second-order valence-corrected chi connectivity index (χ2v) is 9.49. The van der Waals surface area contributed by atoms with E-state index in [9.17, 15) is 4.79 Å². The summed E-state index contributed by atoms with van der Waals surface area (Å²) in [5, 5.41) is 26.6. The molecular formula is C11H28N4O4Si. The number of aliphatic hydroxyl groups excluding tert-OH is 2. The molecule has 0 aliphatic carbocycles. The Morgan fingerprint density at radius 2 is 1.75 bits per heavy atom. The van der Waals surface area contributed by atoms with Gasteiger partial charge in [0.25, 0.3) is 14.6 Å². The molecule has 0 saturated carbocycles. The van der Waals surface area contributed by atoms with Crippen LogP contribution in [0.3, 0.4) is 0 Å². The van der Waals surface area contributed by atoms with Gasteiger partial charge in [-0.05, 0) is 33.5 Å². The monoisotopic (exact) mass is 308 g/mol. The SMILES string of the molecule is C[C@@H](N)CO.C[C@H](CO)NC(N)=O.C[Si](C)(C)OC#N. The molecule has 2 atom stereocenters. The highest BCUT2D eigenvalue weighted by Gasteiger charge is 2.14. The van der Waals surface area contributed by atoms with E-state index < -0.39 is 14.3 Å². The summed E-state index contributed by atoms with van der Waals surface area (Å²) in [5.41, 5.74) is 9.75. The lowest BCUT2D eigenvalue weighted by Gasteiger charge is -2.08. The van der Waals surface area contributed by atoms with E-state index in [4.69, 9.17) is 26.9 Å². The van der Waals surface area contributed by atoms with E-state index in [1.165, 1.54) is 0 Å². The number of nitrogens with two attached hydrogens (primary N) is 2. The minimum absolute atomic E-state index is 0.0602. The number of nitriles is 1. The fourth-order valence-electron chi connectivity index (χ4n) is 0.425. The highest BCUT2D eigenvalue weighted by molar-refractivity contribution is 6.70. The average molecular weight is 308 g/mol. The molecule has 9 heteroatoms. The highest BCUT2D eigenvalue weighted by atomic mass is 28.4. The van der Waals surface area contributed by atoms with Gasteiger partial charge in [-0.1, -0.05) is 0 Å². The van der Waals surface area contributed by atoms with Crippen molar-refractivity contribution >= 4 is 14.3 Å². The molecule has 0 aromatic heterocycles. The largest absolute Gasteiger partial charge is 0.483 e. The Hall–Kier alpha value is -1.34. The number of rotatable bonds is 4. The highest BCUT2D eigenvalue weighted by Crippen LogP contribution is 1.99. The van der Waals surface area contributed by atoms with Crippen LogP contribution in [0.5, 0.6) is 0 Å². The third-order valence-electron chi connectivity index (χ3n) is 1.30. The second-order valence-electron chi connectivity index (χ2n) is 5.06. The van der Waals surface area contributed by atoms with Gasteiger partial charge < -0.3 is 31.4 Å². The van der Waals surface area contributed by atoms with Crippen molar-refractivity contribution in [3.8, 4) is 6.26 Å². The Labute approximate surface area is 121 Å². The lowest BCUT2D eigenvalue weighted by Crippen LogP contribution is -2.38. The number of nitrogens with zero attached hydrogens (tertiary/aromatic N) is 1. The predicted octanol–water partition coefficient (Wildman–Crippen LogP) is -0.320. The topological polar surface area (TPSA) is 155 Å². The van der Waals surface area contributed by atoms with Crippen LogP contribution in [0.4, 0.5) is 4.79 Å². The van der Waals surface area contributed by atoms with Crippen LogP contribution in [-0.2, 0) is 4.43 Å². The predicted molar refractivity (Wildman–Crippen MR) is 80.0 cm³/mol. The van der Waals surface area contributed by atoms with E-state index in [-0.39, 0.29) is 25.3 Å². The molecule has 0 unspecified atom stereocenters. The summed E-state index contributed by atoms with van der Waals surface area (Å²) in [4.78, 5) is 9.97. The minimum Gasteiger partial charge on any atom is -0.483 e. The standard InChI is InChI=1S/C4H10N2O2.C4H9NOSi.C3H9NO/c1-3(2-7)6-4(5)8;1-7(2,3)6-4-5;1-3(4)2-5/h3,7H,2H2,1H3,(H3,5,6,8);1-3H3;3,5H,2,4H2,1H3/t3-;;3-/m1.1/s1. The van der Waals surface area contributed by atoms with Gasteiger partial charge in [0.05, 0.1) is 19.3 Å². The third kappa shape index (κ3) is 36.0. The van der Waals surface area contributed by atoms with E-state index in [1.807, 2.05) is 19.6 Å². The van der Waals surface area contributed by atoms with E-state index in [1.54, 1.807) is 20.1 Å². The van der Waals surface area contributed by atoms with E-state index in [2.05, 4.69) is 9.74 Å². The van der Waals surface area contributed by atoms with Crippen molar-refractivity contribution in [2.24, 2.45) is 11.5 Å². The maximum absolute atomic E-state index is 9.97. The van der Waals surface area contributed by atoms with Crippen molar-refractivity contribution < 1.29 is 19.4 Å². The number of hydrogen-bond donors (Lipinski definition) is 5. The first kappa shape index (κ1) is 23.7. The van der Waals surface area contributed by atoms with Gasteiger partial charge in [-0.2, -0.15) is 5.26 Å². The Morgan fingerprint density at radius 1 is 1.35 bits per heavy atom. The Bertz CT molecular complexity index is 277. The number of aliphatic hydroxyl groups is 2. The molecule has 0 radical (unpaired) electrons. The molecule has 8 nitrogen and oxygen atoms in total. The molecule has 0 spiro atoms. The molecule has 0 aliphatic heterocycles. The number of carbonyl (C=O) groups is 1. The maximum Gasteiger partial charge on any atom is 0.312 e. The summed E-state index contributed by atoms with van der Waals surface area (Å²) < 4.78 is 4.67. The van der Waals surface area contributed by atoms with Crippen LogP contribution in [0.2, 0.25) is 19.6 Å². The number of primary amides is 1. The second kappa shape index (κ2) is 14.1. The van der Waals surface area contributed by atoms with Crippen LogP contribution in [0, 0.1) is 11.5 Å². The van der Waals surface area contributed by atoms with Gasteiger partial charge >= 0.3 is 6.03 Å². The summed E-state index contributed by atoms with van der Waals surface area (Å²) in [7, 11) is -1.52. The van der Waals surface area contributed by atoms with E-state index in [0.717, 1.165) is 0 Å². The molecule has 120 valence electrons. The maximum atomic E-state index is 9.97. The number of amides is 2. The van der Waals surface area contributed by atoms with Gasteiger partial charge in [0, 0.05) is 6.04 Å². The van der Waals surface area contributed by atoms with Gasteiger partial charge in [-0.25, -0.2) is 4.79 Å². The van der Waals surface area contributed by atoms with Gasteiger partial charge in [-0.3, -0.25) is 0 Å². The van der Waals surface area contributed by atoms with Crippen molar-refractivity contribution in [1.29, 1.82) is 5.26 Å². The van der Waals surface area contributed by atoms with E-state index >= 15 is 0 Å². The van der Waals surface area contributed by atoms with Crippen molar-refractivity contribution in [1.82, 2.24) is 5.32 Å². The first-order valence-electron chi connectivity index (χ1n) is 6.10. The summed E-state index contributed by atoms with van der Waals surface area (Å²) in [5.74, 6) is 0. The molecule has 0 heterocycles. The molecule has 7 N–H and O–H groups in total. The molecule has 0 aromatic carbocycles. The first-order chi connectivity index (χ1) is 8.99. The third-order valence-corrected chi connectivity index (χ3v) is 2.01. The Morgan fingerprint density at radius 3 is 1.80 bits per heavy atom. The lowest BCUT2D eigenvalue weighted by molar-refractivity contribution is 0.227. The zero-order chi connectivity index (χ0) is 16.8. The molecule has 0 rings (SSSR count). The number of nitrogens with one attached hydrogen (secondary N) is 1. The van der Waals surface area contributed by atoms with Crippen molar-refractivity contribution in [2.45, 2.75) is 45.6 Å². The quantitative estimate of drug-likeness (QED) is 0.354. The molecule has 0 aromatic rings. The summed E-state index contributed by atoms with van der Waals surface area (Å²) in [6.45, 7) is 9.32. The lowest BCUT2D eigenvalue weighted by atomic mass is 10.4.